The Labute approximate surface area is 121 Å². The monoisotopic (exact) mass is 292 g/mol. The van der Waals surface area contributed by atoms with E-state index in [4.69, 9.17) is 0 Å². The molecule has 1 aromatic carbocycles. The first-order valence-corrected chi connectivity index (χ1v) is 8.26. The fraction of sp³-hybridized carbons (Fsp3) is 0.500. The number of fused-ring (bicyclic) bond motifs is 2. The zero-order valence-electron chi connectivity index (χ0n) is 11.5. The quantitative estimate of drug-likeness (QED) is 0.834. The van der Waals surface area contributed by atoms with Gasteiger partial charge < -0.3 is 10.2 Å². The first kappa shape index (κ1) is 14.0. The minimum Gasteiger partial charge on any atom is -0.393 e. The molecule has 0 aromatic heterocycles. The van der Waals surface area contributed by atoms with Crippen molar-refractivity contribution in [1.29, 1.82) is 0 Å². The van der Waals surface area contributed by atoms with E-state index < -0.39 is 16.4 Å². The molecule has 5 atom stereocenters. The Balaban J connectivity index is 1.95. The smallest absolute Gasteiger partial charge is 0.111 e. The predicted molar refractivity (Wildman–Crippen MR) is 78.6 cm³/mol. The average Bonchev–Trinajstić information content (AvgIpc) is 3.09. The second kappa shape index (κ2) is 5.10. The average molecular weight is 292 g/mol. The summed E-state index contributed by atoms with van der Waals surface area (Å²) in [5.74, 6) is 0.965. The number of aliphatic hydroxyl groups excluding tert-OH is 1. The van der Waals surface area contributed by atoms with Gasteiger partial charge in [0, 0.05) is 15.7 Å². The van der Waals surface area contributed by atoms with Gasteiger partial charge in [0.15, 0.2) is 0 Å². The third-order valence-corrected chi connectivity index (χ3v) is 6.37. The Kier molecular flexibility index (Phi) is 3.56. The number of hydrogen-bond donors (Lipinski definition) is 2. The van der Waals surface area contributed by atoms with Crippen molar-refractivity contribution in [3.8, 4) is 0 Å². The van der Waals surface area contributed by atoms with Crippen LogP contribution < -0.4 is 0 Å². The van der Waals surface area contributed by atoms with Crippen LogP contribution in [0.3, 0.4) is 0 Å². The van der Waals surface area contributed by atoms with Gasteiger partial charge in [-0.3, -0.25) is 4.21 Å². The molecule has 0 heterocycles. The first-order chi connectivity index (χ1) is 9.53. The summed E-state index contributed by atoms with van der Waals surface area (Å²) in [6.07, 6.45) is 6.48. The van der Waals surface area contributed by atoms with Gasteiger partial charge in [-0.05, 0) is 37.7 Å². The third-order valence-electron chi connectivity index (χ3n) is 4.48. The summed E-state index contributed by atoms with van der Waals surface area (Å²) in [5.41, 5.74) is -0.771. The Hall–Kier alpha value is -0.970. The molecule has 1 saturated carbocycles. The molecule has 3 rings (SSSR count). The van der Waals surface area contributed by atoms with E-state index in [1.54, 1.807) is 19.1 Å². The summed E-state index contributed by atoms with van der Waals surface area (Å²) in [6.45, 7) is 1.18. The highest BCUT2D eigenvalue weighted by atomic mass is 32.2. The van der Waals surface area contributed by atoms with Crippen LogP contribution in [0.2, 0.25) is 0 Å². The summed E-state index contributed by atoms with van der Waals surface area (Å²) >= 11 is 0. The molecule has 1 fully saturated rings. The van der Waals surface area contributed by atoms with Crippen LogP contribution in [0.4, 0.5) is 0 Å². The molecular formula is C16H20O3S. The number of benzene rings is 1. The second-order valence-corrected chi connectivity index (χ2v) is 7.68. The zero-order valence-corrected chi connectivity index (χ0v) is 12.3. The molecule has 0 spiro atoms. The summed E-state index contributed by atoms with van der Waals surface area (Å²) < 4.78 is 12.9. The lowest BCUT2D eigenvalue weighted by Crippen LogP contribution is -2.29. The molecule has 0 saturated heterocycles. The SMILES string of the molecule is C[C@](O)(CO)c1ccccc1[S@](=O)[C@@H]1C[C@@H]2C=C[C@H]1C2. The van der Waals surface area contributed by atoms with Crippen LogP contribution in [-0.2, 0) is 16.4 Å². The molecule has 108 valence electrons. The highest BCUT2D eigenvalue weighted by Gasteiger charge is 2.40. The van der Waals surface area contributed by atoms with Gasteiger partial charge in [-0.1, -0.05) is 30.4 Å². The van der Waals surface area contributed by atoms with Crippen molar-refractivity contribution < 1.29 is 14.4 Å². The van der Waals surface area contributed by atoms with Crippen molar-refractivity contribution in [3.05, 3.63) is 42.0 Å². The molecule has 4 heteroatoms. The molecule has 2 aliphatic rings. The predicted octanol–water partition coefficient (Wildman–Crippen LogP) is 1.96. The normalized spacial score (nSPS) is 32.2. The van der Waals surface area contributed by atoms with Crippen molar-refractivity contribution in [2.45, 2.75) is 35.5 Å². The topological polar surface area (TPSA) is 57.5 Å². The molecule has 2 aliphatic carbocycles. The van der Waals surface area contributed by atoms with E-state index in [0.717, 1.165) is 12.8 Å². The molecular weight excluding hydrogens is 272 g/mol. The summed E-state index contributed by atoms with van der Waals surface area (Å²) in [6, 6.07) is 7.21. The van der Waals surface area contributed by atoms with Crippen LogP contribution in [0.5, 0.6) is 0 Å². The number of allylic oxidation sites excluding steroid dienone is 2. The second-order valence-electron chi connectivity index (χ2n) is 6.04. The first-order valence-electron chi connectivity index (χ1n) is 7.04. The van der Waals surface area contributed by atoms with E-state index in [9.17, 15) is 14.4 Å². The molecule has 0 amide bonds. The van der Waals surface area contributed by atoms with Crippen LogP contribution in [0, 0.1) is 11.8 Å². The summed E-state index contributed by atoms with van der Waals surface area (Å²) in [7, 11) is -1.14. The van der Waals surface area contributed by atoms with Gasteiger partial charge >= 0.3 is 0 Å². The van der Waals surface area contributed by atoms with Crippen molar-refractivity contribution >= 4 is 10.8 Å². The molecule has 2 N–H and O–H groups in total. The van der Waals surface area contributed by atoms with Crippen molar-refractivity contribution in [2.75, 3.05) is 6.61 Å². The maximum atomic E-state index is 12.9. The minimum atomic E-state index is -1.35. The molecule has 3 nitrogen and oxygen atoms in total. The van der Waals surface area contributed by atoms with Crippen molar-refractivity contribution in [1.82, 2.24) is 0 Å². The van der Waals surface area contributed by atoms with Crippen molar-refractivity contribution in [3.63, 3.8) is 0 Å². The van der Waals surface area contributed by atoms with Gasteiger partial charge in [0.1, 0.15) is 5.60 Å². The van der Waals surface area contributed by atoms with E-state index in [0.29, 0.717) is 22.3 Å². The Morgan fingerprint density at radius 1 is 1.30 bits per heavy atom. The molecule has 0 aliphatic heterocycles. The molecule has 2 bridgehead atoms. The highest BCUT2D eigenvalue weighted by Crippen LogP contribution is 2.43. The Bertz CT molecular complexity index is 565. The third kappa shape index (κ3) is 2.26. The maximum absolute atomic E-state index is 12.9. The number of hydrogen-bond acceptors (Lipinski definition) is 3. The van der Waals surface area contributed by atoms with Gasteiger partial charge in [-0.2, -0.15) is 0 Å². The summed E-state index contributed by atoms with van der Waals surface area (Å²) in [4.78, 5) is 0.664. The lowest BCUT2D eigenvalue weighted by Gasteiger charge is -2.26. The van der Waals surface area contributed by atoms with E-state index in [1.807, 2.05) is 12.1 Å². The van der Waals surface area contributed by atoms with Gasteiger partial charge in [-0.15, -0.1) is 0 Å². The molecule has 0 radical (unpaired) electrons. The van der Waals surface area contributed by atoms with Gasteiger partial charge in [0.05, 0.1) is 17.4 Å². The van der Waals surface area contributed by atoms with Crippen molar-refractivity contribution in [2.24, 2.45) is 11.8 Å². The standard InChI is InChI=1S/C16H20O3S/c1-16(18,10-17)13-4-2-3-5-14(13)20(19)15-9-11-6-7-12(15)8-11/h2-7,11-12,15,17-18H,8-10H2,1H3/t11-,12+,15-,16+,20+/m1/s1. The molecule has 0 unspecified atom stereocenters. The number of rotatable bonds is 4. The van der Waals surface area contributed by atoms with E-state index in [-0.39, 0.29) is 11.9 Å². The molecule has 1 aromatic rings. The minimum absolute atomic E-state index is 0.139. The maximum Gasteiger partial charge on any atom is 0.111 e. The van der Waals surface area contributed by atoms with Crippen LogP contribution >= 0.6 is 0 Å². The summed E-state index contributed by atoms with van der Waals surface area (Å²) in [5, 5.41) is 19.8. The van der Waals surface area contributed by atoms with E-state index in [1.165, 1.54) is 0 Å². The Morgan fingerprint density at radius 2 is 2.05 bits per heavy atom. The van der Waals surface area contributed by atoms with Crippen LogP contribution in [0.15, 0.2) is 41.3 Å². The fourth-order valence-corrected chi connectivity index (χ4v) is 5.30. The van der Waals surface area contributed by atoms with Crippen LogP contribution in [0.25, 0.3) is 0 Å². The molecule has 20 heavy (non-hydrogen) atoms. The Morgan fingerprint density at radius 3 is 2.65 bits per heavy atom. The van der Waals surface area contributed by atoms with Gasteiger partial charge in [0.2, 0.25) is 0 Å². The fourth-order valence-electron chi connectivity index (χ4n) is 3.31. The van der Waals surface area contributed by atoms with Crippen LogP contribution in [-0.4, -0.2) is 26.3 Å². The zero-order chi connectivity index (χ0) is 14.3. The lowest BCUT2D eigenvalue weighted by atomic mass is 9.97. The van der Waals surface area contributed by atoms with Gasteiger partial charge in [0.25, 0.3) is 0 Å². The number of aliphatic hydroxyl groups is 2. The highest BCUT2D eigenvalue weighted by molar-refractivity contribution is 7.85. The van der Waals surface area contributed by atoms with E-state index >= 15 is 0 Å². The van der Waals surface area contributed by atoms with Gasteiger partial charge in [-0.25, -0.2) is 0 Å². The largest absolute Gasteiger partial charge is 0.393 e. The lowest BCUT2D eigenvalue weighted by molar-refractivity contribution is -0.00450. The van der Waals surface area contributed by atoms with E-state index in [2.05, 4.69) is 12.2 Å². The van der Waals surface area contributed by atoms with Crippen LogP contribution in [0.1, 0.15) is 25.3 Å².